The average Bonchev–Trinajstić information content (AvgIpc) is 1.88. The van der Waals surface area contributed by atoms with E-state index in [0.29, 0.717) is 6.04 Å². The van der Waals surface area contributed by atoms with Crippen molar-refractivity contribution < 1.29 is 4.79 Å². The van der Waals surface area contributed by atoms with E-state index in [1.54, 1.807) is 0 Å². The van der Waals surface area contributed by atoms with Crippen molar-refractivity contribution in [2.75, 3.05) is 6.54 Å². The molecule has 1 saturated heterocycles. The summed E-state index contributed by atoms with van der Waals surface area (Å²) in [6, 6.07) is 0.416. The number of likely N-dealkylation sites (tertiary alicyclic amines) is 1. The first-order valence-corrected chi connectivity index (χ1v) is 3.84. The summed E-state index contributed by atoms with van der Waals surface area (Å²) in [6.45, 7) is 6.39. The number of carbonyl (C=O) groups excluding carboxylic acids is 1. The number of amides is 1. The number of hydrogen-bond acceptors (Lipinski definition) is 1. The first-order valence-electron chi connectivity index (χ1n) is 3.84. The SMILES string of the molecule is [CH2]C(=O)N1CCCC[C@@H]1C. The standard InChI is InChI=1S/C8H14NO/c1-7-5-3-4-6-9(7)8(2)10/h7H,2-6H2,1H3/t7-/m0/s1. The molecule has 0 saturated carbocycles. The summed E-state index contributed by atoms with van der Waals surface area (Å²) in [5, 5.41) is 0. The Morgan fingerprint density at radius 1 is 1.60 bits per heavy atom. The van der Waals surface area contributed by atoms with E-state index in [1.807, 2.05) is 4.90 Å². The third-order valence-electron chi connectivity index (χ3n) is 2.12. The van der Waals surface area contributed by atoms with Gasteiger partial charge in [0.1, 0.15) is 0 Å². The van der Waals surface area contributed by atoms with Gasteiger partial charge in [-0.1, -0.05) is 0 Å². The van der Waals surface area contributed by atoms with Gasteiger partial charge in [-0.15, -0.1) is 0 Å². The second-order valence-electron chi connectivity index (χ2n) is 2.93. The molecular formula is C8H14NO. The lowest BCUT2D eigenvalue weighted by Crippen LogP contribution is -2.40. The Morgan fingerprint density at radius 2 is 2.30 bits per heavy atom. The van der Waals surface area contributed by atoms with Gasteiger partial charge in [0.2, 0.25) is 5.91 Å². The van der Waals surface area contributed by atoms with E-state index in [1.165, 1.54) is 6.42 Å². The molecule has 0 bridgehead atoms. The van der Waals surface area contributed by atoms with Crippen molar-refractivity contribution in [1.29, 1.82) is 0 Å². The van der Waals surface area contributed by atoms with Gasteiger partial charge >= 0.3 is 0 Å². The summed E-state index contributed by atoms with van der Waals surface area (Å²) in [5.74, 6) is -0.0211. The molecule has 10 heavy (non-hydrogen) atoms. The lowest BCUT2D eigenvalue weighted by molar-refractivity contribution is -0.129. The van der Waals surface area contributed by atoms with Crippen LogP contribution in [0.25, 0.3) is 0 Å². The fourth-order valence-electron chi connectivity index (χ4n) is 1.47. The quantitative estimate of drug-likeness (QED) is 0.495. The fraction of sp³-hybridized carbons (Fsp3) is 0.750. The second-order valence-corrected chi connectivity index (χ2v) is 2.93. The van der Waals surface area contributed by atoms with E-state index in [-0.39, 0.29) is 5.91 Å². The number of carbonyl (C=O) groups is 1. The zero-order chi connectivity index (χ0) is 7.56. The van der Waals surface area contributed by atoms with Crippen LogP contribution in [0.3, 0.4) is 0 Å². The molecule has 0 aromatic heterocycles. The maximum atomic E-state index is 10.8. The van der Waals surface area contributed by atoms with Crippen LogP contribution in [0.5, 0.6) is 0 Å². The van der Waals surface area contributed by atoms with E-state index >= 15 is 0 Å². The highest BCUT2D eigenvalue weighted by Crippen LogP contribution is 2.15. The van der Waals surface area contributed by atoms with Crippen LogP contribution in [-0.2, 0) is 4.79 Å². The largest absolute Gasteiger partial charge is 0.340 e. The minimum absolute atomic E-state index is 0.0211. The van der Waals surface area contributed by atoms with Gasteiger partial charge in [0.15, 0.2) is 0 Å². The van der Waals surface area contributed by atoms with Gasteiger partial charge in [-0.05, 0) is 26.2 Å². The zero-order valence-electron chi connectivity index (χ0n) is 6.47. The van der Waals surface area contributed by atoms with Crippen LogP contribution in [0.1, 0.15) is 26.2 Å². The molecule has 1 radical (unpaired) electrons. The van der Waals surface area contributed by atoms with Crippen molar-refractivity contribution in [1.82, 2.24) is 4.90 Å². The third-order valence-corrected chi connectivity index (χ3v) is 2.12. The average molecular weight is 140 g/mol. The number of rotatable bonds is 0. The van der Waals surface area contributed by atoms with Crippen LogP contribution in [0.2, 0.25) is 0 Å². The molecule has 1 aliphatic heterocycles. The Morgan fingerprint density at radius 3 is 2.70 bits per heavy atom. The molecule has 0 aromatic rings. The maximum Gasteiger partial charge on any atom is 0.223 e. The van der Waals surface area contributed by atoms with Crippen molar-refractivity contribution in [2.24, 2.45) is 0 Å². The molecule has 57 valence electrons. The number of piperidine rings is 1. The summed E-state index contributed by atoms with van der Waals surface area (Å²) in [7, 11) is 0. The van der Waals surface area contributed by atoms with Crippen LogP contribution in [0.4, 0.5) is 0 Å². The Bertz CT molecular complexity index is 133. The molecule has 1 fully saturated rings. The van der Waals surface area contributed by atoms with E-state index in [0.717, 1.165) is 19.4 Å². The molecule has 0 aliphatic carbocycles. The second kappa shape index (κ2) is 3.04. The smallest absolute Gasteiger partial charge is 0.223 e. The Hall–Kier alpha value is -0.530. The van der Waals surface area contributed by atoms with Crippen molar-refractivity contribution in [3.05, 3.63) is 6.92 Å². The minimum atomic E-state index is -0.0211. The Balaban J connectivity index is 2.47. The van der Waals surface area contributed by atoms with Crippen molar-refractivity contribution in [3.8, 4) is 0 Å². The van der Waals surface area contributed by atoms with Crippen LogP contribution in [0.15, 0.2) is 0 Å². The molecule has 1 rings (SSSR count). The van der Waals surface area contributed by atoms with Gasteiger partial charge in [0.25, 0.3) is 0 Å². The van der Waals surface area contributed by atoms with Gasteiger partial charge < -0.3 is 4.90 Å². The molecule has 0 spiro atoms. The topological polar surface area (TPSA) is 20.3 Å². The zero-order valence-corrected chi connectivity index (χ0v) is 6.47. The first-order chi connectivity index (χ1) is 4.72. The van der Waals surface area contributed by atoms with Gasteiger partial charge in [-0.2, -0.15) is 0 Å². The normalized spacial score (nSPS) is 26.6. The van der Waals surface area contributed by atoms with Crippen molar-refractivity contribution in [2.45, 2.75) is 32.2 Å². The molecule has 1 amide bonds. The summed E-state index contributed by atoms with van der Waals surface area (Å²) in [6.07, 6.45) is 3.54. The number of hydrogen-bond donors (Lipinski definition) is 0. The monoisotopic (exact) mass is 140 g/mol. The Kier molecular flexibility index (Phi) is 2.30. The Labute approximate surface area is 62.2 Å². The van der Waals surface area contributed by atoms with E-state index < -0.39 is 0 Å². The predicted octanol–water partition coefficient (Wildman–Crippen LogP) is 1.22. The van der Waals surface area contributed by atoms with Gasteiger partial charge in [-0.25, -0.2) is 0 Å². The highest BCUT2D eigenvalue weighted by molar-refractivity contribution is 5.80. The van der Waals surface area contributed by atoms with Crippen molar-refractivity contribution >= 4 is 5.91 Å². The fourth-order valence-corrected chi connectivity index (χ4v) is 1.47. The first kappa shape index (κ1) is 7.58. The van der Waals surface area contributed by atoms with E-state index in [9.17, 15) is 4.79 Å². The predicted molar refractivity (Wildman–Crippen MR) is 40.4 cm³/mol. The molecule has 0 unspecified atom stereocenters. The van der Waals surface area contributed by atoms with E-state index in [2.05, 4.69) is 13.8 Å². The van der Waals surface area contributed by atoms with Crippen LogP contribution >= 0.6 is 0 Å². The summed E-state index contributed by atoms with van der Waals surface area (Å²) < 4.78 is 0. The molecule has 2 nitrogen and oxygen atoms in total. The maximum absolute atomic E-state index is 10.8. The molecule has 1 heterocycles. The molecule has 0 aromatic carbocycles. The third kappa shape index (κ3) is 1.49. The highest BCUT2D eigenvalue weighted by atomic mass is 16.2. The molecule has 0 N–H and O–H groups in total. The van der Waals surface area contributed by atoms with Gasteiger partial charge in [0.05, 0.1) is 0 Å². The van der Waals surface area contributed by atoms with E-state index in [4.69, 9.17) is 0 Å². The van der Waals surface area contributed by atoms with Gasteiger partial charge in [-0.3, -0.25) is 4.79 Å². The summed E-state index contributed by atoms with van der Waals surface area (Å²) in [5.41, 5.74) is 0. The molecule has 2 heteroatoms. The summed E-state index contributed by atoms with van der Waals surface area (Å²) >= 11 is 0. The van der Waals surface area contributed by atoms with Crippen molar-refractivity contribution in [3.63, 3.8) is 0 Å². The van der Waals surface area contributed by atoms with Crippen LogP contribution in [-0.4, -0.2) is 23.4 Å². The lowest BCUT2D eigenvalue weighted by Gasteiger charge is -2.32. The number of nitrogens with zero attached hydrogens (tertiary/aromatic N) is 1. The molecule has 1 aliphatic rings. The van der Waals surface area contributed by atoms with Gasteiger partial charge in [0, 0.05) is 19.5 Å². The molecular weight excluding hydrogens is 126 g/mol. The molecule has 1 atom stereocenters. The summed E-state index contributed by atoms with van der Waals surface area (Å²) in [4.78, 5) is 12.7. The van der Waals surface area contributed by atoms with Crippen LogP contribution in [0, 0.1) is 6.92 Å². The minimum Gasteiger partial charge on any atom is -0.340 e. The lowest BCUT2D eigenvalue weighted by atomic mass is 10.0. The highest BCUT2D eigenvalue weighted by Gasteiger charge is 2.19. The van der Waals surface area contributed by atoms with Crippen LogP contribution < -0.4 is 0 Å².